The zero-order chi connectivity index (χ0) is 35.4. The Labute approximate surface area is 299 Å². The molecule has 3 aromatic rings. The number of methoxy groups -OCH3 is 1. The van der Waals surface area contributed by atoms with Gasteiger partial charge in [0.25, 0.3) is 0 Å². The molecule has 1 N–H and O–H groups in total. The molecule has 3 atom stereocenters. The summed E-state index contributed by atoms with van der Waals surface area (Å²) >= 11 is 14.4. The first-order chi connectivity index (χ1) is 22.4. The number of thioether (sulfide) groups is 1. The second-order valence-corrected chi connectivity index (χ2v) is 17.8. The van der Waals surface area contributed by atoms with Crippen molar-refractivity contribution >= 4 is 55.6 Å². The van der Waals surface area contributed by atoms with Crippen molar-refractivity contribution in [3.8, 4) is 5.75 Å². The molecule has 0 saturated heterocycles. The Hall–Kier alpha value is -2.40. The van der Waals surface area contributed by atoms with Crippen LogP contribution in [0.4, 0.5) is 8.78 Å². The van der Waals surface area contributed by atoms with Gasteiger partial charge in [-0.2, -0.15) is 0 Å². The first kappa shape index (κ1) is 38.4. The summed E-state index contributed by atoms with van der Waals surface area (Å²) in [6.45, 7) is 7.83. The molecule has 0 bridgehead atoms. The van der Waals surface area contributed by atoms with Crippen molar-refractivity contribution in [3.05, 3.63) is 105 Å². The zero-order valence-corrected chi connectivity index (χ0v) is 31.9. The summed E-state index contributed by atoms with van der Waals surface area (Å²) < 4.78 is 52.2. The van der Waals surface area contributed by atoms with Crippen LogP contribution in [0.2, 0.25) is 10.0 Å². The molecule has 0 saturated carbocycles. The average Bonchev–Trinajstić information content (AvgIpc) is 3.17. The van der Waals surface area contributed by atoms with Gasteiger partial charge >= 0.3 is 0 Å². The van der Waals surface area contributed by atoms with Gasteiger partial charge in [-0.15, -0.1) is 11.8 Å². The maximum absolute atomic E-state index is 15.6. The van der Waals surface area contributed by atoms with Crippen LogP contribution < -0.4 is 9.46 Å². The van der Waals surface area contributed by atoms with Crippen LogP contribution in [0.25, 0.3) is 0 Å². The quantitative estimate of drug-likeness (QED) is 0.115. The standard InChI is InChI=1S/C37H46Cl2F2N3O2S2/c1-24-29(25-10-13-27(40)14-11-25)21-36(42-22-31(24)37(2,3)26-12-15-32(38)35(18-26)46-7)47-23-30-33(39)19-28(20-34(30)41)48(8,45)43-16-9-17-44(4,5)6/h10-15,18-20,22,24,29H,8-9,16-17,21,23H2,1-7H3,(H,43,45)/q+1. The van der Waals surface area contributed by atoms with E-state index in [0.717, 1.165) is 39.2 Å². The van der Waals surface area contributed by atoms with E-state index >= 15 is 4.39 Å². The molecule has 48 heavy (non-hydrogen) atoms. The molecule has 0 spiro atoms. The van der Waals surface area contributed by atoms with Crippen LogP contribution in [0.3, 0.4) is 0 Å². The van der Waals surface area contributed by atoms with E-state index in [1.54, 1.807) is 13.2 Å². The molecule has 3 unspecified atom stereocenters. The molecule has 260 valence electrons. The number of hydrogen-bond acceptors (Lipinski definition) is 4. The number of nitrogens with zero attached hydrogens (tertiary/aromatic N) is 2. The van der Waals surface area contributed by atoms with E-state index in [-0.39, 0.29) is 33.3 Å². The van der Waals surface area contributed by atoms with E-state index in [4.69, 9.17) is 32.9 Å². The molecule has 3 aromatic carbocycles. The van der Waals surface area contributed by atoms with Gasteiger partial charge in [0.2, 0.25) is 0 Å². The summed E-state index contributed by atoms with van der Waals surface area (Å²) in [5.41, 5.74) is 2.95. The Morgan fingerprint density at radius 3 is 2.40 bits per heavy atom. The number of ether oxygens (including phenoxy) is 1. The molecule has 0 radical (unpaired) electrons. The summed E-state index contributed by atoms with van der Waals surface area (Å²) in [6.07, 6.45) is 3.28. The molecule has 0 amide bonds. The van der Waals surface area contributed by atoms with Crippen molar-refractivity contribution in [3.63, 3.8) is 0 Å². The van der Waals surface area contributed by atoms with Crippen molar-refractivity contribution in [1.29, 1.82) is 0 Å². The third kappa shape index (κ3) is 9.43. The van der Waals surface area contributed by atoms with Gasteiger partial charge in [0.15, 0.2) is 0 Å². The summed E-state index contributed by atoms with van der Waals surface area (Å²) in [5, 5.41) is 1.52. The van der Waals surface area contributed by atoms with Gasteiger partial charge in [0.05, 0.1) is 54.6 Å². The van der Waals surface area contributed by atoms with E-state index in [1.165, 1.54) is 30.0 Å². The molecule has 1 heterocycles. The summed E-state index contributed by atoms with van der Waals surface area (Å²) in [6, 6.07) is 15.2. The molecule has 1 aliphatic rings. The van der Waals surface area contributed by atoms with Gasteiger partial charge in [-0.05, 0) is 70.8 Å². The highest BCUT2D eigenvalue weighted by molar-refractivity contribution is 8.13. The Kier molecular flexibility index (Phi) is 12.5. The normalized spacial score (nSPS) is 18.5. The minimum Gasteiger partial charge on any atom is -0.495 e. The third-order valence-electron chi connectivity index (χ3n) is 8.95. The lowest BCUT2D eigenvalue weighted by Gasteiger charge is -2.35. The van der Waals surface area contributed by atoms with Crippen LogP contribution in [-0.2, 0) is 20.9 Å². The highest BCUT2D eigenvalue weighted by Crippen LogP contribution is 2.46. The minimum absolute atomic E-state index is 0.0219. The predicted molar refractivity (Wildman–Crippen MR) is 201 cm³/mol. The predicted octanol–water partition coefficient (Wildman–Crippen LogP) is 9.27. The van der Waals surface area contributed by atoms with Crippen molar-refractivity contribution in [1.82, 2.24) is 4.72 Å². The average molecular weight is 738 g/mol. The largest absolute Gasteiger partial charge is 0.495 e. The van der Waals surface area contributed by atoms with Gasteiger partial charge in [0.1, 0.15) is 17.4 Å². The second kappa shape index (κ2) is 15.7. The van der Waals surface area contributed by atoms with E-state index < -0.39 is 20.9 Å². The molecular weight excluding hydrogens is 691 g/mol. The number of halogens is 4. The number of aliphatic imine (C=N–C) groups is 1. The fourth-order valence-corrected chi connectivity index (χ4v) is 8.87. The third-order valence-corrected chi connectivity index (χ3v) is 12.3. The number of hydrogen-bond donors (Lipinski definition) is 1. The van der Waals surface area contributed by atoms with Crippen LogP contribution in [0.15, 0.2) is 76.3 Å². The molecule has 0 aliphatic carbocycles. The fourth-order valence-electron chi connectivity index (χ4n) is 5.99. The van der Waals surface area contributed by atoms with Crippen molar-refractivity contribution in [2.45, 2.75) is 55.6 Å². The summed E-state index contributed by atoms with van der Waals surface area (Å²) in [7, 11) is 4.92. The highest BCUT2D eigenvalue weighted by atomic mass is 35.5. The van der Waals surface area contributed by atoms with Gasteiger partial charge in [0, 0.05) is 52.2 Å². The van der Waals surface area contributed by atoms with E-state index in [0.29, 0.717) is 29.3 Å². The van der Waals surface area contributed by atoms with E-state index in [1.807, 2.05) is 36.5 Å². The Balaban J connectivity index is 1.62. The highest BCUT2D eigenvalue weighted by Gasteiger charge is 2.36. The van der Waals surface area contributed by atoms with Crippen molar-refractivity contribution < 1.29 is 22.2 Å². The molecule has 5 nitrogen and oxygen atoms in total. The summed E-state index contributed by atoms with van der Waals surface area (Å²) in [5.74, 6) is 3.82. The molecule has 0 aromatic heterocycles. The fraction of sp³-hybridized carbons (Fsp3) is 0.405. The number of rotatable bonds is 12. The van der Waals surface area contributed by atoms with Gasteiger partial charge in [-0.25, -0.2) is 17.7 Å². The maximum atomic E-state index is 15.6. The SMILES string of the molecule is C=S(=O)(NCCC[N+](C)(C)C)c1cc(F)c(CSC2=NC=C(C(C)(C)c3ccc(Cl)c(OC)c3)C(C)C(c3ccc(F)cc3)C2)c(Cl)c1. The molecule has 11 heteroatoms. The summed E-state index contributed by atoms with van der Waals surface area (Å²) in [4.78, 5) is 5.18. The second-order valence-electron chi connectivity index (χ2n) is 13.8. The molecular formula is C37H46Cl2F2N3O2S2+. The number of benzene rings is 3. The van der Waals surface area contributed by atoms with Crippen molar-refractivity contribution in [2.24, 2.45) is 10.9 Å². The van der Waals surface area contributed by atoms with E-state index in [9.17, 15) is 8.60 Å². The minimum atomic E-state index is -2.94. The molecule has 0 fully saturated rings. The van der Waals surface area contributed by atoms with Gasteiger partial charge < -0.3 is 9.22 Å². The number of nitrogens with one attached hydrogen (secondary N) is 1. The Morgan fingerprint density at radius 1 is 1.08 bits per heavy atom. The first-order valence-corrected chi connectivity index (χ1v) is 19.3. The zero-order valence-electron chi connectivity index (χ0n) is 28.7. The Bertz CT molecular complexity index is 1760. The monoisotopic (exact) mass is 736 g/mol. The lowest BCUT2D eigenvalue weighted by atomic mass is 9.68. The van der Waals surface area contributed by atoms with Crippen LogP contribution in [0.5, 0.6) is 5.75 Å². The molecule has 1 aliphatic heterocycles. The smallest absolute Gasteiger partial charge is 0.137 e. The van der Waals surface area contributed by atoms with Crippen LogP contribution >= 0.6 is 35.0 Å². The maximum Gasteiger partial charge on any atom is 0.137 e. The number of quaternary nitrogens is 1. The van der Waals surface area contributed by atoms with Crippen LogP contribution in [0, 0.1) is 17.6 Å². The number of allylic oxidation sites excluding steroid dienone is 1. The lowest BCUT2D eigenvalue weighted by Crippen LogP contribution is -2.37. The lowest BCUT2D eigenvalue weighted by molar-refractivity contribution is -0.870. The van der Waals surface area contributed by atoms with Gasteiger partial charge in [-0.1, -0.05) is 62.2 Å². The van der Waals surface area contributed by atoms with Crippen molar-refractivity contribution in [2.75, 3.05) is 41.3 Å². The topological polar surface area (TPSA) is 50.7 Å². The first-order valence-electron chi connectivity index (χ1n) is 15.8. The van der Waals surface area contributed by atoms with Gasteiger partial charge in [-0.3, -0.25) is 4.99 Å². The van der Waals surface area contributed by atoms with E-state index in [2.05, 4.69) is 52.5 Å². The molecule has 4 rings (SSSR count). The van der Waals surface area contributed by atoms with Crippen LogP contribution in [-0.4, -0.2) is 60.9 Å². The Morgan fingerprint density at radius 2 is 1.77 bits per heavy atom. The van der Waals surface area contributed by atoms with Crippen LogP contribution in [0.1, 0.15) is 56.2 Å².